The second-order valence-electron chi connectivity index (χ2n) is 6.42. The summed E-state index contributed by atoms with van der Waals surface area (Å²) in [5, 5.41) is 12.3. The highest BCUT2D eigenvalue weighted by molar-refractivity contribution is 7.99. The van der Waals surface area contributed by atoms with Gasteiger partial charge in [0.1, 0.15) is 5.75 Å². The first-order chi connectivity index (χ1) is 14.1. The number of hydrogen-bond donors (Lipinski definition) is 1. The zero-order chi connectivity index (χ0) is 20.6. The molecule has 0 aliphatic rings. The van der Waals surface area contributed by atoms with Crippen LogP contribution in [0.1, 0.15) is 18.5 Å². The van der Waals surface area contributed by atoms with E-state index >= 15 is 0 Å². The summed E-state index contributed by atoms with van der Waals surface area (Å²) in [5.74, 6) is 1.72. The lowest BCUT2D eigenvalue weighted by Crippen LogP contribution is -2.28. The summed E-state index contributed by atoms with van der Waals surface area (Å²) in [4.78, 5) is 12.4. The third kappa shape index (κ3) is 5.26. The number of methoxy groups -OCH3 is 1. The Hall–Kier alpha value is -3.06. The first kappa shape index (κ1) is 20.7. The minimum Gasteiger partial charge on any atom is -0.497 e. The minimum absolute atomic E-state index is 0.0505. The van der Waals surface area contributed by atoms with Crippen molar-refractivity contribution in [1.82, 2.24) is 20.1 Å². The molecule has 3 aromatic rings. The molecule has 1 aromatic heterocycles. The molecule has 0 radical (unpaired) electrons. The van der Waals surface area contributed by atoms with Crippen LogP contribution >= 0.6 is 11.8 Å². The van der Waals surface area contributed by atoms with Crippen molar-refractivity contribution in [3.8, 4) is 17.1 Å². The Morgan fingerprint density at radius 2 is 1.93 bits per heavy atom. The molecule has 0 spiro atoms. The number of benzene rings is 2. The lowest BCUT2D eigenvalue weighted by Gasteiger charge is -2.14. The SMILES string of the molecule is C=CCn1c(SCC(=O)N[C@@H](C)c2ccccc2)nnc1-c1ccc(OC)cc1. The highest BCUT2D eigenvalue weighted by Crippen LogP contribution is 2.25. The summed E-state index contributed by atoms with van der Waals surface area (Å²) in [5.41, 5.74) is 2.00. The number of rotatable bonds is 9. The number of thioether (sulfide) groups is 1. The summed E-state index contributed by atoms with van der Waals surface area (Å²) in [6.45, 7) is 6.35. The van der Waals surface area contributed by atoms with Gasteiger partial charge in [-0.05, 0) is 36.8 Å². The van der Waals surface area contributed by atoms with Crippen molar-refractivity contribution in [1.29, 1.82) is 0 Å². The van der Waals surface area contributed by atoms with E-state index in [1.54, 1.807) is 13.2 Å². The largest absolute Gasteiger partial charge is 0.497 e. The molecule has 0 saturated carbocycles. The molecule has 1 N–H and O–H groups in total. The van der Waals surface area contributed by atoms with Crippen molar-refractivity contribution in [3.63, 3.8) is 0 Å². The predicted octanol–water partition coefficient (Wildman–Crippen LogP) is 4.11. The maximum atomic E-state index is 12.4. The molecule has 3 rings (SSSR count). The summed E-state index contributed by atoms with van der Waals surface area (Å²) in [6, 6.07) is 17.5. The highest BCUT2D eigenvalue weighted by Gasteiger charge is 2.16. The molecule has 0 unspecified atom stereocenters. The molecular weight excluding hydrogens is 384 g/mol. The van der Waals surface area contributed by atoms with Crippen LogP contribution in [0.3, 0.4) is 0 Å². The average molecular weight is 409 g/mol. The Morgan fingerprint density at radius 1 is 1.21 bits per heavy atom. The fraction of sp³-hybridized carbons (Fsp3) is 0.227. The van der Waals surface area contributed by atoms with E-state index < -0.39 is 0 Å². The average Bonchev–Trinajstić information content (AvgIpc) is 3.15. The molecule has 29 heavy (non-hydrogen) atoms. The molecule has 0 aliphatic heterocycles. The van der Waals surface area contributed by atoms with E-state index in [9.17, 15) is 4.79 Å². The molecule has 0 bridgehead atoms. The molecule has 1 heterocycles. The zero-order valence-corrected chi connectivity index (χ0v) is 17.4. The van der Waals surface area contributed by atoms with Gasteiger partial charge in [-0.3, -0.25) is 9.36 Å². The number of ether oxygens (including phenoxy) is 1. The van der Waals surface area contributed by atoms with Crippen LogP contribution in [0.2, 0.25) is 0 Å². The zero-order valence-electron chi connectivity index (χ0n) is 16.5. The van der Waals surface area contributed by atoms with Crippen LogP contribution in [0.25, 0.3) is 11.4 Å². The van der Waals surface area contributed by atoms with Gasteiger partial charge in [-0.15, -0.1) is 16.8 Å². The summed E-state index contributed by atoms with van der Waals surface area (Å²) >= 11 is 1.36. The molecular formula is C22H24N4O2S. The molecule has 7 heteroatoms. The van der Waals surface area contributed by atoms with Crippen molar-refractivity contribution in [2.75, 3.05) is 12.9 Å². The Morgan fingerprint density at radius 3 is 2.59 bits per heavy atom. The van der Waals surface area contributed by atoms with Crippen LogP contribution in [0, 0.1) is 0 Å². The van der Waals surface area contributed by atoms with E-state index in [1.807, 2.05) is 66.1 Å². The topological polar surface area (TPSA) is 69.0 Å². The highest BCUT2D eigenvalue weighted by atomic mass is 32.2. The van der Waals surface area contributed by atoms with Gasteiger partial charge < -0.3 is 10.1 Å². The molecule has 0 fully saturated rings. The molecule has 0 saturated heterocycles. The number of aromatic nitrogens is 3. The lowest BCUT2D eigenvalue weighted by atomic mass is 10.1. The van der Waals surface area contributed by atoms with Crippen molar-refractivity contribution >= 4 is 17.7 Å². The molecule has 6 nitrogen and oxygen atoms in total. The molecule has 2 aromatic carbocycles. The standard InChI is InChI=1S/C22H24N4O2S/c1-4-14-26-21(18-10-12-19(28-3)13-11-18)24-25-22(26)29-15-20(27)23-16(2)17-8-6-5-7-9-17/h4-13,16H,1,14-15H2,2-3H3,(H,23,27)/t16-/m0/s1. The quantitative estimate of drug-likeness (QED) is 0.426. The minimum atomic E-state index is -0.0507. The first-order valence-electron chi connectivity index (χ1n) is 9.28. The normalized spacial score (nSPS) is 11.7. The van der Waals surface area contributed by atoms with Crippen molar-refractivity contribution in [3.05, 3.63) is 72.8 Å². The van der Waals surface area contributed by atoms with Crippen LogP contribution in [-0.4, -0.2) is 33.5 Å². The third-order valence-corrected chi connectivity index (χ3v) is 5.35. The predicted molar refractivity (Wildman–Crippen MR) is 116 cm³/mol. The Bertz CT molecular complexity index is 955. The molecule has 0 aliphatic carbocycles. The number of hydrogen-bond acceptors (Lipinski definition) is 5. The second-order valence-corrected chi connectivity index (χ2v) is 7.37. The summed E-state index contributed by atoms with van der Waals surface area (Å²) in [7, 11) is 1.63. The van der Waals surface area contributed by atoms with Crippen LogP contribution < -0.4 is 10.1 Å². The number of carbonyl (C=O) groups is 1. The number of amides is 1. The van der Waals surface area contributed by atoms with Gasteiger partial charge in [0, 0.05) is 12.1 Å². The van der Waals surface area contributed by atoms with Crippen molar-refractivity contribution < 1.29 is 9.53 Å². The smallest absolute Gasteiger partial charge is 0.230 e. The number of nitrogens with one attached hydrogen (secondary N) is 1. The van der Waals surface area contributed by atoms with Gasteiger partial charge in [0.25, 0.3) is 0 Å². The van der Waals surface area contributed by atoms with Crippen LogP contribution in [0.4, 0.5) is 0 Å². The summed E-state index contributed by atoms with van der Waals surface area (Å²) in [6.07, 6.45) is 1.79. The van der Waals surface area contributed by atoms with Gasteiger partial charge >= 0.3 is 0 Å². The Kier molecular flexibility index (Phi) is 7.08. The van der Waals surface area contributed by atoms with Gasteiger partial charge in [-0.25, -0.2) is 0 Å². The lowest BCUT2D eigenvalue weighted by molar-refractivity contribution is -0.119. The van der Waals surface area contributed by atoms with Crippen LogP contribution in [0.5, 0.6) is 5.75 Å². The van der Waals surface area contributed by atoms with Gasteiger partial charge in [0.2, 0.25) is 5.91 Å². The van der Waals surface area contributed by atoms with Gasteiger partial charge in [-0.1, -0.05) is 48.2 Å². The van der Waals surface area contributed by atoms with Crippen LogP contribution in [-0.2, 0) is 11.3 Å². The van der Waals surface area contributed by atoms with Gasteiger partial charge in [-0.2, -0.15) is 0 Å². The first-order valence-corrected chi connectivity index (χ1v) is 10.3. The van der Waals surface area contributed by atoms with Crippen molar-refractivity contribution in [2.45, 2.75) is 24.7 Å². The number of carbonyl (C=O) groups excluding carboxylic acids is 1. The van der Waals surface area contributed by atoms with E-state index in [1.165, 1.54) is 11.8 Å². The Labute approximate surface area is 175 Å². The molecule has 1 atom stereocenters. The van der Waals surface area contributed by atoms with E-state index in [-0.39, 0.29) is 17.7 Å². The van der Waals surface area contributed by atoms with Gasteiger partial charge in [0.05, 0.1) is 18.9 Å². The fourth-order valence-corrected chi connectivity index (χ4v) is 3.64. The van der Waals surface area contributed by atoms with E-state index in [4.69, 9.17) is 4.74 Å². The number of allylic oxidation sites excluding steroid dienone is 1. The van der Waals surface area contributed by atoms with Gasteiger partial charge in [0.15, 0.2) is 11.0 Å². The van der Waals surface area contributed by atoms with E-state index in [0.29, 0.717) is 11.7 Å². The second kappa shape index (κ2) is 9.93. The maximum Gasteiger partial charge on any atom is 0.230 e. The van der Waals surface area contributed by atoms with Crippen molar-refractivity contribution in [2.24, 2.45) is 0 Å². The maximum absolute atomic E-state index is 12.4. The third-order valence-electron chi connectivity index (χ3n) is 4.39. The monoisotopic (exact) mass is 408 g/mol. The van der Waals surface area contributed by atoms with Crippen LogP contribution in [0.15, 0.2) is 72.4 Å². The molecule has 1 amide bonds. The number of nitrogens with zero attached hydrogens (tertiary/aromatic N) is 3. The van der Waals surface area contributed by atoms with E-state index in [0.717, 1.165) is 22.7 Å². The van der Waals surface area contributed by atoms with E-state index in [2.05, 4.69) is 22.1 Å². The molecule has 150 valence electrons. The fourth-order valence-electron chi connectivity index (χ4n) is 2.88. The summed E-state index contributed by atoms with van der Waals surface area (Å²) < 4.78 is 7.16. The Balaban J connectivity index is 1.68.